The maximum atomic E-state index is 12.9. The van der Waals surface area contributed by atoms with Crippen LogP contribution in [0.1, 0.15) is 5.56 Å². The van der Waals surface area contributed by atoms with E-state index in [4.69, 9.17) is 9.84 Å². The molecule has 1 aromatic rings. The third-order valence-electron chi connectivity index (χ3n) is 2.09. The zero-order valence-electron chi connectivity index (χ0n) is 9.15. The topological polar surface area (TPSA) is 38.7 Å². The molecule has 3 nitrogen and oxygen atoms in total. The van der Waals surface area contributed by atoms with E-state index in [1.807, 2.05) is 0 Å². The first-order valence-corrected chi connectivity index (χ1v) is 4.89. The van der Waals surface area contributed by atoms with Gasteiger partial charge in [-0.25, -0.2) is 13.2 Å². The quantitative estimate of drug-likeness (QED) is 0.840. The van der Waals surface area contributed by atoms with Gasteiger partial charge in [0.25, 0.3) is 6.43 Å². The molecule has 17 heavy (non-hydrogen) atoms. The highest BCUT2D eigenvalue weighted by Crippen LogP contribution is 2.15. The van der Waals surface area contributed by atoms with Gasteiger partial charge in [0, 0.05) is 0 Å². The molecule has 0 saturated carbocycles. The van der Waals surface area contributed by atoms with Gasteiger partial charge in [-0.05, 0) is 17.7 Å². The number of benzene rings is 1. The Morgan fingerprint density at radius 3 is 2.24 bits per heavy atom. The van der Waals surface area contributed by atoms with Crippen LogP contribution in [-0.2, 0) is 11.3 Å². The molecule has 0 amide bonds. The number of aliphatic hydroxyl groups excluding tert-OH is 1. The Morgan fingerprint density at radius 2 is 1.76 bits per heavy atom. The zero-order valence-corrected chi connectivity index (χ0v) is 9.15. The Bertz CT molecular complexity index is 329. The van der Waals surface area contributed by atoms with Crippen molar-refractivity contribution < 1.29 is 27.8 Å². The molecule has 0 fully saturated rings. The highest BCUT2D eigenvalue weighted by atomic mass is 19.3. The smallest absolute Gasteiger partial charge is 0.269 e. The van der Waals surface area contributed by atoms with Crippen LogP contribution in [0, 0.1) is 0 Å². The minimum atomic E-state index is -3.17. The third-order valence-corrected chi connectivity index (χ3v) is 2.09. The summed E-state index contributed by atoms with van der Waals surface area (Å²) in [5, 5.41) is 8.69. The number of methoxy groups -OCH3 is 1. The van der Waals surface area contributed by atoms with Crippen molar-refractivity contribution in [3.05, 3.63) is 29.8 Å². The molecule has 0 saturated heterocycles. The second-order valence-corrected chi connectivity index (χ2v) is 3.34. The van der Waals surface area contributed by atoms with Crippen LogP contribution in [0.4, 0.5) is 13.2 Å². The van der Waals surface area contributed by atoms with Crippen LogP contribution in [0.2, 0.25) is 0 Å². The van der Waals surface area contributed by atoms with Gasteiger partial charge in [-0.3, -0.25) is 0 Å². The van der Waals surface area contributed by atoms with E-state index >= 15 is 0 Å². The molecule has 6 heteroatoms. The predicted molar refractivity (Wildman–Crippen MR) is 54.7 cm³/mol. The number of hydrogen-bond acceptors (Lipinski definition) is 3. The molecule has 0 heterocycles. The lowest BCUT2D eigenvalue weighted by Gasteiger charge is -2.15. The Kier molecular flexibility index (Phi) is 5.24. The number of alkyl halides is 3. The van der Waals surface area contributed by atoms with Crippen molar-refractivity contribution in [2.45, 2.75) is 25.5 Å². The van der Waals surface area contributed by atoms with E-state index in [9.17, 15) is 13.2 Å². The summed E-state index contributed by atoms with van der Waals surface area (Å²) in [5.74, 6) is 0.623. The minimum Gasteiger partial charge on any atom is -0.497 e. The molecular formula is C11H13F3O3. The largest absolute Gasteiger partial charge is 0.497 e. The molecule has 1 aromatic carbocycles. The summed E-state index contributed by atoms with van der Waals surface area (Å²) < 4.78 is 46.1. The first kappa shape index (κ1) is 13.8. The van der Waals surface area contributed by atoms with Crippen LogP contribution in [0.25, 0.3) is 0 Å². The van der Waals surface area contributed by atoms with Gasteiger partial charge in [0.15, 0.2) is 6.10 Å². The molecule has 96 valence electrons. The van der Waals surface area contributed by atoms with Crippen molar-refractivity contribution in [2.75, 3.05) is 7.11 Å². The summed E-state index contributed by atoms with van der Waals surface area (Å²) in [6, 6.07) is 6.49. The van der Waals surface area contributed by atoms with E-state index in [1.54, 1.807) is 24.3 Å². The van der Waals surface area contributed by atoms with E-state index in [0.717, 1.165) is 0 Å². The van der Waals surface area contributed by atoms with Crippen molar-refractivity contribution in [2.24, 2.45) is 0 Å². The summed E-state index contributed by atoms with van der Waals surface area (Å²) in [7, 11) is 1.50. The van der Waals surface area contributed by atoms with Crippen molar-refractivity contribution in [3.63, 3.8) is 0 Å². The zero-order chi connectivity index (χ0) is 12.8. The fourth-order valence-electron chi connectivity index (χ4n) is 1.11. The minimum absolute atomic E-state index is 0.199. The highest BCUT2D eigenvalue weighted by molar-refractivity contribution is 5.26. The predicted octanol–water partition coefficient (Wildman–Crippen LogP) is 2.13. The van der Waals surface area contributed by atoms with E-state index in [2.05, 4.69) is 4.74 Å². The van der Waals surface area contributed by atoms with E-state index in [0.29, 0.717) is 11.3 Å². The highest BCUT2D eigenvalue weighted by Gasteiger charge is 2.28. The summed E-state index contributed by atoms with van der Waals surface area (Å²) in [6.07, 6.45) is -7.99. The first-order chi connectivity index (χ1) is 8.04. The fraction of sp³-hybridized carbons (Fsp3) is 0.455. The Labute approximate surface area is 96.8 Å². The summed E-state index contributed by atoms with van der Waals surface area (Å²) in [6.45, 7) is -0.199. The first-order valence-electron chi connectivity index (χ1n) is 4.89. The molecule has 0 bridgehead atoms. The molecule has 2 atom stereocenters. The molecule has 2 unspecified atom stereocenters. The molecule has 0 aliphatic carbocycles. The van der Waals surface area contributed by atoms with Gasteiger partial charge in [-0.15, -0.1) is 0 Å². The third kappa shape index (κ3) is 4.24. The second-order valence-electron chi connectivity index (χ2n) is 3.34. The van der Waals surface area contributed by atoms with Gasteiger partial charge in [0.05, 0.1) is 13.7 Å². The fourth-order valence-corrected chi connectivity index (χ4v) is 1.11. The summed E-state index contributed by atoms with van der Waals surface area (Å²) in [4.78, 5) is 0. The van der Waals surface area contributed by atoms with Gasteiger partial charge in [-0.1, -0.05) is 12.1 Å². The number of rotatable bonds is 6. The van der Waals surface area contributed by atoms with E-state index in [-0.39, 0.29) is 6.61 Å². The Morgan fingerprint density at radius 1 is 1.18 bits per heavy atom. The van der Waals surface area contributed by atoms with Crippen LogP contribution in [0.3, 0.4) is 0 Å². The van der Waals surface area contributed by atoms with Gasteiger partial charge in [0.2, 0.25) is 6.36 Å². The lowest BCUT2D eigenvalue weighted by molar-refractivity contribution is -0.162. The van der Waals surface area contributed by atoms with Crippen LogP contribution in [-0.4, -0.2) is 31.1 Å². The van der Waals surface area contributed by atoms with Gasteiger partial charge >= 0.3 is 0 Å². The average Bonchev–Trinajstić information content (AvgIpc) is 2.35. The van der Waals surface area contributed by atoms with Gasteiger partial charge in [0.1, 0.15) is 5.75 Å². The number of halogens is 3. The summed E-state index contributed by atoms with van der Waals surface area (Å²) in [5.41, 5.74) is 0.593. The maximum Gasteiger partial charge on any atom is 0.269 e. The van der Waals surface area contributed by atoms with Crippen molar-refractivity contribution in [3.8, 4) is 5.75 Å². The number of aliphatic hydroxyl groups is 1. The molecule has 1 rings (SSSR count). The SMILES string of the molecule is COc1ccc(COC(F)C(O)C(F)F)cc1. The summed E-state index contributed by atoms with van der Waals surface area (Å²) >= 11 is 0. The van der Waals surface area contributed by atoms with Crippen molar-refractivity contribution >= 4 is 0 Å². The van der Waals surface area contributed by atoms with Crippen LogP contribution >= 0.6 is 0 Å². The van der Waals surface area contributed by atoms with Crippen molar-refractivity contribution in [1.29, 1.82) is 0 Å². The van der Waals surface area contributed by atoms with E-state index in [1.165, 1.54) is 7.11 Å². The van der Waals surface area contributed by atoms with Crippen LogP contribution < -0.4 is 4.74 Å². The van der Waals surface area contributed by atoms with Crippen LogP contribution in [0.15, 0.2) is 24.3 Å². The maximum absolute atomic E-state index is 12.9. The molecule has 0 spiro atoms. The standard InChI is InChI=1S/C11H13F3O3/c1-16-8-4-2-7(3-5-8)6-17-11(14)9(15)10(12)13/h2-5,9-11,15H,6H2,1H3. The average molecular weight is 250 g/mol. The lowest BCUT2D eigenvalue weighted by atomic mass is 10.2. The van der Waals surface area contributed by atoms with E-state index < -0.39 is 18.9 Å². The molecule has 0 aliphatic rings. The van der Waals surface area contributed by atoms with Gasteiger partial charge < -0.3 is 14.6 Å². The van der Waals surface area contributed by atoms with Crippen LogP contribution in [0.5, 0.6) is 5.75 Å². The number of hydrogen-bond donors (Lipinski definition) is 1. The number of ether oxygens (including phenoxy) is 2. The monoisotopic (exact) mass is 250 g/mol. The molecule has 0 aromatic heterocycles. The van der Waals surface area contributed by atoms with Crippen molar-refractivity contribution in [1.82, 2.24) is 0 Å². The second kappa shape index (κ2) is 6.46. The molecule has 1 N–H and O–H groups in total. The molecular weight excluding hydrogens is 237 g/mol. The Balaban J connectivity index is 2.44. The Hall–Kier alpha value is -1.27. The van der Waals surface area contributed by atoms with Gasteiger partial charge in [-0.2, -0.15) is 0 Å². The molecule has 0 aliphatic heterocycles. The molecule has 0 radical (unpaired) electrons. The lowest BCUT2D eigenvalue weighted by Crippen LogP contribution is -2.31. The normalized spacial score (nSPS) is 14.7.